The number of hydrogen-bond donors (Lipinski definition) is 1. The molecule has 18 heavy (non-hydrogen) atoms. The number of halogens is 4. The van der Waals surface area contributed by atoms with Crippen molar-refractivity contribution in [3.8, 4) is 0 Å². The molecule has 1 aromatic carbocycles. The zero-order chi connectivity index (χ0) is 13.0. The molecule has 1 N–H and O–H groups in total. The van der Waals surface area contributed by atoms with Crippen LogP contribution in [0.5, 0.6) is 0 Å². The van der Waals surface area contributed by atoms with Gasteiger partial charge in [0.2, 0.25) is 0 Å². The van der Waals surface area contributed by atoms with Gasteiger partial charge in [0.1, 0.15) is 5.82 Å². The molecule has 1 spiro atoms. The predicted molar refractivity (Wildman–Crippen MR) is 59.3 cm³/mol. The fourth-order valence-electron chi connectivity index (χ4n) is 2.52. The second kappa shape index (κ2) is 3.57. The number of nitrogens with one attached hydrogen (secondary N) is 1. The van der Waals surface area contributed by atoms with Gasteiger partial charge in [-0.25, -0.2) is 4.39 Å². The van der Waals surface area contributed by atoms with Crippen LogP contribution < -0.4 is 5.32 Å². The Balaban J connectivity index is 1.89. The summed E-state index contributed by atoms with van der Waals surface area (Å²) < 4.78 is 50.9. The van der Waals surface area contributed by atoms with Crippen LogP contribution in [0.4, 0.5) is 17.6 Å². The zero-order valence-corrected chi connectivity index (χ0v) is 9.44. The summed E-state index contributed by atoms with van der Waals surface area (Å²) in [7, 11) is 0. The molecular formula is C13H11F4N. The van der Waals surface area contributed by atoms with E-state index in [2.05, 4.69) is 5.32 Å². The monoisotopic (exact) mass is 257 g/mol. The van der Waals surface area contributed by atoms with Gasteiger partial charge in [-0.05, 0) is 24.1 Å². The van der Waals surface area contributed by atoms with E-state index in [1.807, 2.05) is 6.08 Å². The number of allylic oxidation sites excluding steroid dienone is 1. The smallest absolute Gasteiger partial charge is 0.315 e. The Labute approximate surface area is 101 Å². The van der Waals surface area contributed by atoms with Gasteiger partial charge in [-0.1, -0.05) is 12.1 Å². The highest BCUT2D eigenvalue weighted by Crippen LogP contribution is 2.47. The minimum absolute atomic E-state index is 0.129. The quantitative estimate of drug-likeness (QED) is 0.762. The minimum atomic E-state index is -4.49. The van der Waals surface area contributed by atoms with Gasteiger partial charge >= 0.3 is 6.18 Å². The Hall–Kier alpha value is -1.36. The molecule has 0 aromatic heterocycles. The fourth-order valence-corrected chi connectivity index (χ4v) is 2.52. The van der Waals surface area contributed by atoms with Crippen LogP contribution >= 0.6 is 0 Å². The number of hydrogen-bond acceptors (Lipinski definition) is 1. The van der Waals surface area contributed by atoms with Crippen LogP contribution in [0, 0.1) is 11.2 Å². The van der Waals surface area contributed by atoms with Gasteiger partial charge in [0.05, 0.1) is 5.56 Å². The first-order valence-corrected chi connectivity index (χ1v) is 5.69. The lowest BCUT2D eigenvalue weighted by Gasteiger charge is -2.48. The molecule has 1 aromatic rings. The largest absolute Gasteiger partial charge is 0.416 e. The summed E-state index contributed by atoms with van der Waals surface area (Å²) in [5.41, 5.74) is 0.289. The third-order valence-corrected chi connectivity index (χ3v) is 3.62. The van der Waals surface area contributed by atoms with Crippen molar-refractivity contribution in [2.75, 3.05) is 13.1 Å². The first kappa shape index (κ1) is 11.7. The van der Waals surface area contributed by atoms with E-state index in [4.69, 9.17) is 0 Å². The molecule has 1 nitrogen and oxygen atoms in total. The van der Waals surface area contributed by atoms with Crippen molar-refractivity contribution in [3.63, 3.8) is 0 Å². The maximum Gasteiger partial charge on any atom is 0.416 e. The highest BCUT2D eigenvalue weighted by atomic mass is 19.4. The van der Waals surface area contributed by atoms with Crippen LogP contribution in [0.15, 0.2) is 24.3 Å². The molecule has 2 aliphatic rings. The van der Waals surface area contributed by atoms with Crippen molar-refractivity contribution >= 4 is 5.57 Å². The topological polar surface area (TPSA) is 12.0 Å². The van der Waals surface area contributed by atoms with E-state index in [9.17, 15) is 17.6 Å². The van der Waals surface area contributed by atoms with Crippen LogP contribution in [0.3, 0.4) is 0 Å². The average molecular weight is 257 g/mol. The van der Waals surface area contributed by atoms with Crippen LogP contribution in [0.25, 0.3) is 5.57 Å². The maximum atomic E-state index is 13.7. The highest BCUT2D eigenvalue weighted by Gasteiger charge is 2.43. The normalized spacial score (nSPS) is 21.2. The van der Waals surface area contributed by atoms with Crippen LogP contribution in [-0.4, -0.2) is 13.1 Å². The van der Waals surface area contributed by atoms with Crippen molar-refractivity contribution < 1.29 is 17.6 Å². The molecule has 96 valence electrons. The highest BCUT2D eigenvalue weighted by molar-refractivity contribution is 5.73. The Morgan fingerprint density at radius 1 is 1.17 bits per heavy atom. The molecule has 3 rings (SSSR count). The third kappa shape index (κ3) is 1.73. The van der Waals surface area contributed by atoms with Crippen LogP contribution in [-0.2, 0) is 6.18 Å². The Bertz CT molecular complexity index is 526. The van der Waals surface area contributed by atoms with Gasteiger partial charge in [0.15, 0.2) is 0 Å². The third-order valence-electron chi connectivity index (χ3n) is 3.62. The van der Waals surface area contributed by atoms with Crippen molar-refractivity contribution in [3.05, 3.63) is 41.2 Å². The summed E-state index contributed by atoms with van der Waals surface area (Å²) in [6.45, 7) is 1.75. The number of benzene rings is 1. The lowest BCUT2D eigenvalue weighted by Crippen LogP contribution is -2.55. The molecule has 1 fully saturated rings. The van der Waals surface area contributed by atoms with E-state index in [-0.39, 0.29) is 5.41 Å². The lowest BCUT2D eigenvalue weighted by atomic mass is 9.65. The van der Waals surface area contributed by atoms with E-state index >= 15 is 0 Å². The summed E-state index contributed by atoms with van der Waals surface area (Å²) in [6, 6.07) is 2.73. The summed E-state index contributed by atoms with van der Waals surface area (Å²) in [6.07, 6.45) is -1.79. The van der Waals surface area contributed by atoms with Crippen LogP contribution in [0.1, 0.15) is 17.5 Å². The molecule has 1 aliphatic heterocycles. The molecule has 0 atom stereocenters. The van der Waals surface area contributed by atoms with E-state index in [0.717, 1.165) is 31.1 Å². The molecule has 1 heterocycles. The molecule has 1 aliphatic carbocycles. The number of rotatable bonds is 1. The van der Waals surface area contributed by atoms with E-state index in [1.165, 1.54) is 6.07 Å². The molecule has 1 saturated heterocycles. The molecular weight excluding hydrogens is 246 g/mol. The van der Waals surface area contributed by atoms with Gasteiger partial charge in [-0.3, -0.25) is 0 Å². The SMILES string of the molecule is Fc1cc(C(F)(F)F)ccc1C1=CC2(CNC2)C1. The average Bonchev–Trinajstić information content (AvgIpc) is 2.14. The van der Waals surface area contributed by atoms with Crippen LogP contribution in [0.2, 0.25) is 0 Å². The minimum Gasteiger partial charge on any atom is -0.315 e. The van der Waals surface area contributed by atoms with Crippen molar-refractivity contribution in [1.29, 1.82) is 0 Å². The Kier molecular flexibility index (Phi) is 2.32. The Morgan fingerprint density at radius 3 is 2.28 bits per heavy atom. The standard InChI is InChI=1S/C13H11F4N/c14-11-3-9(13(15,16)17)1-2-10(11)8-4-12(5-8)6-18-7-12/h1-4,18H,5-7H2. The maximum absolute atomic E-state index is 13.7. The second-order valence-corrected chi connectivity index (χ2v) is 5.00. The van der Waals surface area contributed by atoms with Gasteiger partial charge < -0.3 is 5.32 Å². The first-order chi connectivity index (χ1) is 8.40. The summed E-state index contributed by atoms with van der Waals surface area (Å²) in [4.78, 5) is 0. The molecule has 0 bridgehead atoms. The van der Waals surface area contributed by atoms with Crippen molar-refractivity contribution in [1.82, 2.24) is 5.32 Å². The van der Waals surface area contributed by atoms with E-state index in [0.29, 0.717) is 11.6 Å². The van der Waals surface area contributed by atoms with E-state index in [1.54, 1.807) is 0 Å². The summed E-state index contributed by atoms with van der Waals surface area (Å²) in [5.74, 6) is -0.793. The molecule has 0 saturated carbocycles. The Morgan fingerprint density at radius 2 is 1.83 bits per heavy atom. The summed E-state index contributed by atoms with van der Waals surface area (Å²) >= 11 is 0. The van der Waals surface area contributed by atoms with Crippen molar-refractivity contribution in [2.24, 2.45) is 5.41 Å². The van der Waals surface area contributed by atoms with Gasteiger partial charge in [0, 0.05) is 24.1 Å². The van der Waals surface area contributed by atoms with Gasteiger partial charge in [-0.15, -0.1) is 0 Å². The van der Waals surface area contributed by atoms with Gasteiger partial charge in [-0.2, -0.15) is 13.2 Å². The molecule has 0 amide bonds. The fraction of sp³-hybridized carbons (Fsp3) is 0.385. The predicted octanol–water partition coefficient (Wildman–Crippen LogP) is 3.22. The van der Waals surface area contributed by atoms with Gasteiger partial charge in [0.25, 0.3) is 0 Å². The summed E-state index contributed by atoms with van der Waals surface area (Å²) in [5, 5.41) is 3.13. The van der Waals surface area contributed by atoms with Crippen molar-refractivity contribution in [2.45, 2.75) is 12.6 Å². The first-order valence-electron chi connectivity index (χ1n) is 5.69. The zero-order valence-electron chi connectivity index (χ0n) is 9.44. The van der Waals surface area contributed by atoms with E-state index < -0.39 is 17.6 Å². The second-order valence-electron chi connectivity index (χ2n) is 5.00. The molecule has 5 heteroatoms. The number of alkyl halides is 3. The lowest BCUT2D eigenvalue weighted by molar-refractivity contribution is -0.137. The molecule has 0 unspecified atom stereocenters. The molecule has 0 radical (unpaired) electrons.